The number of aromatic nitrogens is 2. The Balaban J connectivity index is 1.52. The molecule has 9 heteroatoms. The van der Waals surface area contributed by atoms with Crippen molar-refractivity contribution in [1.82, 2.24) is 20.6 Å². The van der Waals surface area contributed by atoms with E-state index in [4.69, 9.17) is 0 Å². The van der Waals surface area contributed by atoms with E-state index in [2.05, 4.69) is 26.7 Å². The third-order valence-corrected chi connectivity index (χ3v) is 6.40. The lowest BCUT2D eigenvalue weighted by Crippen LogP contribution is -2.30. The van der Waals surface area contributed by atoms with Gasteiger partial charge in [-0.25, -0.2) is 18.7 Å². The summed E-state index contributed by atoms with van der Waals surface area (Å²) in [6.07, 6.45) is 7.85. The van der Waals surface area contributed by atoms with Crippen LogP contribution in [0.3, 0.4) is 0 Å². The molecule has 0 unspecified atom stereocenters. The molecular weight excluding hydrogens is 500 g/mol. The molecule has 0 fully saturated rings. The van der Waals surface area contributed by atoms with Crippen LogP contribution in [0.1, 0.15) is 74.1 Å². The van der Waals surface area contributed by atoms with Gasteiger partial charge in [0.05, 0.1) is 17.7 Å². The number of fused-ring (bicyclic) bond motifs is 1. The molecule has 0 bridgehead atoms. The van der Waals surface area contributed by atoms with Crippen molar-refractivity contribution in [2.24, 2.45) is 0 Å². The van der Waals surface area contributed by atoms with E-state index in [1.165, 1.54) is 24.3 Å². The zero-order valence-corrected chi connectivity index (χ0v) is 21.4. The van der Waals surface area contributed by atoms with Crippen LogP contribution in [0.5, 0.6) is 0 Å². The summed E-state index contributed by atoms with van der Waals surface area (Å²) in [5.41, 5.74) is 3.43. The van der Waals surface area contributed by atoms with Gasteiger partial charge in [0.25, 0.3) is 11.8 Å². The second-order valence-corrected chi connectivity index (χ2v) is 9.23. The molecule has 2 N–H and O–H groups in total. The van der Waals surface area contributed by atoms with Crippen molar-refractivity contribution in [1.29, 1.82) is 5.26 Å². The van der Waals surface area contributed by atoms with E-state index < -0.39 is 17.9 Å². The lowest BCUT2D eigenvalue weighted by atomic mass is 9.93. The average Bonchev–Trinajstić information content (AvgIpc) is 2.98. The highest BCUT2D eigenvalue weighted by Crippen LogP contribution is 2.26. The molecule has 1 aliphatic rings. The first-order chi connectivity index (χ1) is 18.8. The highest BCUT2D eigenvalue weighted by atomic mass is 19.1. The van der Waals surface area contributed by atoms with Crippen molar-refractivity contribution in [3.05, 3.63) is 118 Å². The highest BCUT2D eigenvalue weighted by Gasteiger charge is 2.21. The Hall–Kier alpha value is -4.71. The quantitative estimate of drug-likeness (QED) is 0.466. The Labute approximate surface area is 225 Å². The van der Waals surface area contributed by atoms with Crippen LogP contribution in [0, 0.1) is 24.1 Å². The molecule has 1 aliphatic carbocycles. The molecule has 0 aliphatic heterocycles. The molecule has 2 aromatic carbocycles. The number of carbonyl (C=O) groups excluding carboxylic acids is 2. The Bertz CT molecular complexity index is 1490. The highest BCUT2D eigenvalue weighted by molar-refractivity contribution is 5.97. The Morgan fingerprint density at radius 3 is 2.64 bits per heavy atom. The van der Waals surface area contributed by atoms with Gasteiger partial charge in [0.2, 0.25) is 0 Å². The molecule has 3 aromatic rings. The predicted molar refractivity (Wildman–Crippen MR) is 142 cm³/mol. The lowest BCUT2D eigenvalue weighted by molar-refractivity contribution is 0.0931. The van der Waals surface area contributed by atoms with E-state index in [1.54, 1.807) is 37.3 Å². The SMILES string of the molecule is Cc1cc(CNC(=O)c2cc(C(=O)N[C@@H]3C/C=C\C(F)=C/CCCc4cc(C#N)ccc43)ncn2)ccc1F. The van der Waals surface area contributed by atoms with Crippen molar-refractivity contribution < 1.29 is 18.4 Å². The molecule has 1 atom stereocenters. The van der Waals surface area contributed by atoms with Crippen molar-refractivity contribution in [2.75, 3.05) is 0 Å². The van der Waals surface area contributed by atoms with Gasteiger partial charge in [-0.15, -0.1) is 0 Å². The number of benzene rings is 2. The first-order valence-corrected chi connectivity index (χ1v) is 12.6. The second kappa shape index (κ2) is 12.7. The molecule has 0 saturated heterocycles. The summed E-state index contributed by atoms with van der Waals surface area (Å²) in [4.78, 5) is 33.9. The summed E-state index contributed by atoms with van der Waals surface area (Å²) in [6, 6.07) is 12.8. The lowest BCUT2D eigenvalue weighted by Gasteiger charge is -2.21. The zero-order chi connectivity index (χ0) is 27.8. The van der Waals surface area contributed by atoms with Gasteiger partial charge in [-0.05, 0) is 85.2 Å². The number of hydrogen-bond donors (Lipinski definition) is 2. The van der Waals surface area contributed by atoms with Gasteiger partial charge in [-0.3, -0.25) is 9.59 Å². The van der Waals surface area contributed by atoms with Crippen LogP contribution in [0.2, 0.25) is 0 Å². The maximum Gasteiger partial charge on any atom is 0.270 e. The fourth-order valence-electron chi connectivity index (χ4n) is 4.34. The standard InChI is InChI=1S/C30H27F2N5O2/c1-19-13-21(10-12-25(19)32)17-34-29(38)27-15-28(36-18-35-27)30(39)37-26-8-4-7-23(31)6-3-2-5-22-14-20(16-33)9-11-24(22)26/h4,6-7,9-15,18,26H,2-3,5,8,17H2,1H3,(H,34,38)(H,37,39)/b7-4-,23-6+/t26-/m1/s1. The van der Waals surface area contributed by atoms with Crippen LogP contribution in [-0.2, 0) is 13.0 Å². The molecule has 0 saturated carbocycles. The minimum absolute atomic E-state index is 0.00240. The van der Waals surface area contributed by atoms with Gasteiger partial charge in [0, 0.05) is 12.6 Å². The summed E-state index contributed by atoms with van der Waals surface area (Å²) in [6.45, 7) is 1.80. The van der Waals surface area contributed by atoms with Gasteiger partial charge in [0.1, 0.15) is 29.4 Å². The number of nitriles is 1. The van der Waals surface area contributed by atoms with Gasteiger partial charge < -0.3 is 10.6 Å². The number of hydrogen-bond acceptors (Lipinski definition) is 5. The van der Waals surface area contributed by atoms with Crippen LogP contribution in [0.25, 0.3) is 0 Å². The third-order valence-electron chi connectivity index (χ3n) is 6.40. The van der Waals surface area contributed by atoms with E-state index >= 15 is 0 Å². The summed E-state index contributed by atoms with van der Waals surface area (Å²) < 4.78 is 27.6. The van der Waals surface area contributed by atoms with Crippen molar-refractivity contribution >= 4 is 11.8 Å². The number of nitrogens with one attached hydrogen (secondary N) is 2. The molecule has 2 amide bonds. The van der Waals surface area contributed by atoms with Crippen LogP contribution < -0.4 is 10.6 Å². The fourth-order valence-corrected chi connectivity index (χ4v) is 4.34. The largest absolute Gasteiger partial charge is 0.347 e. The number of halogens is 2. The molecule has 1 heterocycles. The molecule has 39 heavy (non-hydrogen) atoms. The Morgan fingerprint density at radius 2 is 1.87 bits per heavy atom. The predicted octanol–water partition coefficient (Wildman–Crippen LogP) is 5.33. The molecule has 1 aromatic heterocycles. The van der Waals surface area contributed by atoms with E-state index in [0.29, 0.717) is 36.8 Å². The monoisotopic (exact) mass is 527 g/mol. The Kier molecular flexibility index (Phi) is 8.90. The molecule has 198 valence electrons. The second-order valence-electron chi connectivity index (χ2n) is 9.23. The van der Waals surface area contributed by atoms with E-state index in [0.717, 1.165) is 23.0 Å². The number of rotatable bonds is 5. The van der Waals surface area contributed by atoms with Gasteiger partial charge in [0.15, 0.2) is 0 Å². The maximum absolute atomic E-state index is 14.1. The fraction of sp³-hybridized carbons (Fsp3) is 0.233. The van der Waals surface area contributed by atoms with Crippen LogP contribution in [0.15, 0.2) is 72.8 Å². The maximum atomic E-state index is 14.1. The number of aryl methyl sites for hydroxylation is 2. The van der Waals surface area contributed by atoms with Crippen molar-refractivity contribution in [3.8, 4) is 6.07 Å². The molecule has 0 radical (unpaired) electrons. The van der Waals surface area contributed by atoms with Crippen LogP contribution in [-0.4, -0.2) is 21.8 Å². The number of nitrogens with zero attached hydrogens (tertiary/aromatic N) is 3. The smallest absolute Gasteiger partial charge is 0.270 e. The van der Waals surface area contributed by atoms with Crippen LogP contribution in [0.4, 0.5) is 8.78 Å². The van der Waals surface area contributed by atoms with Crippen molar-refractivity contribution in [3.63, 3.8) is 0 Å². The van der Waals surface area contributed by atoms with Crippen molar-refractivity contribution in [2.45, 2.75) is 45.2 Å². The summed E-state index contributed by atoms with van der Waals surface area (Å²) in [7, 11) is 0. The minimum atomic E-state index is -0.528. The van der Waals surface area contributed by atoms with Gasteiger partial charge in [-0.2, -0.15) is 5.26 Å². The first kappa shape index (κ1) is 27.3. The average molecular weight is 528 g/mol. The van der Waals surface area contributed by atoms with Crippen LogP contribution >= 0.6 is 0 Å². The zero-order valence-electron chi connectivity index (χ0n) is 21.4. The molecule has 0 spiro atoms. The van der Waals surface area contributed by atoms with Gasteiger partial charge >= 0.3 is 0 Å². The minimum Gasteiger partial charge on any atom is -0.347 e. The topological polar surface area (TPSA) is 108 Å². The summed E-state index contributed by atoms with van der Waals surface area (Å²) in [5, 5.41) is 15.0. The normalized spacial score (nSPS) is 17.4. The summed E-state index contributed by atoms with van der Waals surface area (Å²) in [5.74, 6) is -1.71. The van der Waals surface area contributed by atoms with E-state index in [1.807, 2.05) is 6.07 Å². The first-order valence-electron chi connectivity index (χ1n) is 12.6. The number of carbonyl (C=O) groups is 2. The molecular formula is C30H27F2N5O2. The Morgan fingerprint density at radius 1 is 1.08 bits per heavy atom. The van der Waals surface area contributed by atoms with E-state index in [-0.39, 0.29) is 29.6 Å². The number of amides is 2. The number of allylic oxidation sites excluding steroid dienone is 3. The molecule has 4 rings (SSSR count). The molecule has 7 nitrogen and oxygen atoms in total. The van der Waals surface area contributed by atoms with E-state index in [9.17, 15) is 23.6 Å². The summed E-state index contributed by atoms with van der Waals surface area (Å²) >= 11 is 0. The third kappa shape index (κ3) is 7.20. The van der Waals surface area contributed by atoms with Gasteiger partial charge in [-0.1, -0.05) is 24.3 Å².